The molecule has 4 heteroatoms. The van der Waals surface area contributed by atoms with E-state index >= 15 is 0 Å². The minimum absolute atomic E-state index is 0.0424. The van der Waals surface area contributed by atoms with E-state index in [9.17, 15) is 4.79 Å². The number of carbonyl (C=O) groups is 1. The predicted octanol–water partition coefficient (Wildman–Crippen LogP) is 2.32. The Labute approximate surface area is 113 Å². The molecular weight excluding hydrogens is 238 g/mol. The van der Waals surface area contributed by atoms with Crippen LogP contribution in [0.1, 0.15) is 36.8 Å². The van der Waals surface area contributed by atoms with Gasteiger partial charge in [-0.05, 0) is 56.4 Å². The number of nitrogens with zero attached hydrogens (tertiary/aromatic N) is 1. The van der Waals surface area contributed by atoms with E-state index in [1.807, 2.05) is 25.1 Å². The van der Waals surface area contributed by atoms with E-state index in [0.29, 0.717) is 11.6 Å². The smallest absolute Gasteiger partial charge is 0.220 e. The summed E-state index contributed by atoms with van der Waals surface area (Å²) < 4.78 is 0. The number of anilines is 1. The third kappa shape index (κ3) is 3.25. The number of primary amides is 1. The number of rotatable bonds is 3. The van der Waals surface area contributed by atoms with Gasteiger partial charge in [0.2, 0.25) is 5.91 Å². The summed E-state index contributed by atoms with van der Waals surface area (Å²) in [6.45, 7) is 1.94. The third-order valence-electron chi connectivity index (χ3n) is 3.85. The molecule has 0 atom stereocenters. The minimum atomic E-state index is -0.173. The Morgan fingerprint density at radius 2 is 2.05 bits per heavy atom. The van der Waals surface area contributed by atoms with Crippen molar-refractivity contribution >= 4 is 11.6 Å². The molecule has 0 spiro atoms. The van der Waals surface area contributed by atoms with Crippen molar-refractivity contribution < 1.29 is 4.79 Å². The van der Waals surface area contributed by atoms with Gasteiger partial charge in [-0.25, -0.2) is 0 Å². The van der Waals surface area contributed by atoms with Gasteiger partial charge in [0.05, 0.1) is 11.6 Å². The fourth-order valence-electron chi connectivity index (χ4n) is 2.64. The molecule has 1 fully saturated rings. The van der Waals surface area contributed by atoms with Gasteiger partial charge in [-0.2, -0.15) is 5.26 Å². The van der Waals surface area contributed by atoms with Crippen molar-refractivity contribution in [3.05, 3.63) is 29.3 Å². The number of nitriles is 1. The lowest BCUT2D eigenvalue weighted by atomic mass is 9.85. The summed E-state index contributed by atoms with van der Waals surface area (Å²) in [6.07, 6.45) is 3.66. The predicted molar refractivity (Wildman–Crippen MR) is 74.5 cm³/mol. The van der Waals surface area contributed by atoms with E-state index in [2.05, 4.69) is 11.4 Å². The van der Waals surface area contributed by atoms with E-state index in [1.54, 1.807) is 0 Å². The Morgan fingerprint density at radius 3 is 2.58 bits per heavy atom. The second-order valence-electron chi connectivity index (χ2n) is 5.24. The highest BCUT2D eigenvalue weighted by Gasteiger charge is 2.24. The summed E-state index contributed by atoms with van der Waals surface area (Å²) in [5.41, 5.74) is 8.06. The Balaban J connectivity index is 1.94. The van der Waals surface area contributed by atoms with Crippen LogP contribution in [0.5, 0.6) is 0 Å². The standard InChI is InChI=1S/C15H19N3O/c1-10-8-14(7-4-12(10)9-16)18-13-5-2-11(3-6-13)15(17)19/h4,7-8,11,13,18H,2-3,5-6H2,1H3,(H2,17,19). The SMILES string of the molecule is Cc1cc(NC2CCC(C(N)=O)CC2)ccc1C#N. The van der Waals surface area contributed by atoms with Gasteiger partial charge in [-0.15, -0.1) is 0 Å². The Kier molecular flexibility index (Phi) is 4.06. The minimum Gasteiger partial charge on any atom is -0.382 e. The molecule has 4 nitrogen and oxygen atoms in total. The van der Waals surface area contributed by atoms with Gasteiger partial charge in [0.25, 0.3) is 0 Å². The number of carbonyl (C=O) groups excluding carboxylic acids is 1. The van der Waals surface area contributed by atoms with Gasteiger partial charge in [0.15, 0.2) is 0 Å². The van der Waals surface area contributed by atoms with Crippen LogP contribution < -0.4 is 11.1 Å². The van der Waals surface area contributed by atoms with Crippen molar-refractivity contribution in [2.45, 2.75) is 38.6 Å². The lowest BCUT2D eigenvalue weighted by Crippen LogP contribution is -2.32. The molecular formula is C15H19N3O. The second kappa shape index (κ2) is 5.75. The lowest BCUT2D eigenvalue weighted by Gasteiger charge is -2.28. The summed E-state index contributed by atoms with van der Waals surface area (Å²) >= 11 is 0. The molecule has 0 unspecified atom stereocenters. The van der Waals surface area contributed by atoms with Crippen LogP contribution in [0.4, 0.5) is 5.69 Å². The Morgan fingerprint density at radius 1 is 1.37 bits per heavy atom. The largest absolute Gasteiger partial charge is 0.382 e. The summed E-state index contributed by atoms with van der Waals surface area (Å²) in [5, 5.41) is 12.4. The summed E-state index contributed by atoms with van der Waals surface area (Å²) in [7, 11) is 0. The van der Waals surface area contributed by atoms with Crippen LogP contribution in [0, 0.1) is 24.2 Å². The van der Waals surface area contributed by atoms with Crippen molar-refractivity contribution in [2.75, 3.05) is 5.32 Å². The highest BCUT2D eigenvalue weighted by Crippen LogP contribution is 2.26. The molecule has 0 saturated heterocycles. The molecule has 1 aromatic carbocycles. The highest BCUT2D eigenvalue weighted by molar-refractivity contribution is 5.76. The zero-order valence-corrected chi connectivity index (χ0v) is 11.1. The van der Waals surface area contributed by atoms with Crippen molar-refractivity contribution in [3.8, 4) is 6.07 Å². The zero-order chi connectivity index (χ0) is 13.8. The monoisotopic (exact) mass is 257 g/mol. The highest BCUT2D eigenvalue weighted by atomic mass is 16.1. The molecule has 0 aliphatic heterocycles. The Hall–Kier alpha value is -2.02. The molecule has 0 radical (unpaired) electrons. The van der Waals surface area contributed by atoms with Gasteiger partial charge in [0, 0.05) is 17.6 Å². The van der Waals surface area contributed by atoms with Crippen LogP contribution in [-0.4, -0.2) is 11.9 Å². The number of amides is 1. The molecule has 1 amide bonds. The first kappa shape index (κ1) is 13.4. The molecule has 1 aromatic rings. The molecule has 0 bridgehead atoms. The van der Waals surface area contributed by atoms with Crippen LogP contribution in [0.3, 0.4) is 0 Å². The molecule has 0 aromatic heterocycles. The number of nitrogens with one attached hydrogen (secondary N) is 1. The van der Waals surface area contributed by atoms with Crippen LogP contribution in [0.15, 0.2) is 18.2 Å². The van der Waals surface area contributed by atoms with E-state index in [0.717, 1.165) is 36.9 Å². The number of aryl methyl sites for hydroxylation is 1. The van der Waals surface area contributed by atoms with Gasteiger partial charge in [-0.3, -0.25) is 4.79 Å². The van der Waals surface area contributed by atoms with Crippen molar-refractivity contribution in [1.82, 2.24) is 0 Å². The van der Waals surface area contributed by atoms with Crippen LogP contribution in [-0.2, 0) is 4.79 Å². The molecule has 1 saturated carbocycles. The number of benzene rings is 1. The maximum atomic E-state index is 11.1. The van der Waals surface area contributed by atoms with Crippen molar-refractivity contribution in [2.24, 2.45) is 11.7 Å². The summed E-state index contributed by atoms with van der Waals surface area (Å²) in [6, 6.07) is 8.33. The lowest BCUT2D eigenvalue weighted by molar-refractivity contribution is -0.122. The second-order valence-corrected chi connectivity index (χ2v) is 5.24. The van der Waals surface area contributed by atoms with E-state index in [-0.39, 0.29) is 11.8 Å². The van der Waals surface area contributed by atoms with Crippen LogP contribution in [0.25, 0.3) is 0 Å². The maximum absolute atomic E-state index is 11.1. The molecule has 100 valence electrons. The number of nitrogens with two attached hydrogens (primary N) is 1. The molecule has 1 aliphatic rings. The fourth-order valence-corrected chi connectivity index (χ4v) is 2.64. The van der Waals surface area contributed by atoms with Crippen molar-refractivity contribution in [1.29, 1.82) is 5.26 Å². The molecule has 0 heterocycles. The first-order valence-electron chi connectivity index (χ1n) is 6.66. The van der Waals surface area contributed by atoms with Gasteiger partial charge < -0.3 is 11.1 Å². The summed E-state index contributed by atoms with van der Waals surface area (Å²) in [5.74, 6) is -0.131. The topological polar surface area (TPSA) is 78.9 Å². The fraction of sp³-hybridized carbons (Fsp3) is 0.467. The summed E-state index contributed by atoms with van der Waals surface area (Å²) in [4.78, 5) is 11.1. The van der Waals surface area contributed by atoms with Gasteiger partial charge in [-0.1, -0.05) is 0 Å². The van der Waals surface area contributed by atoms with Gasteiger partial charge in [0.1, 0.15) is 0 Å². The first-order valence-corrected chi connectivity index (χ1v) is 6.66. The van der Waals surface area contributed by atoms with E-state index < -0.39 is 0 Å². The zero-order valence-electron chi connectivity index (χ0n) is 11.1. The first-order chi connectivity index (χ1) is 9.10. The van der Waals surface area contributed by atoms with E-state index in [4.69, 9.17) is 11.0 Å². The quantitative estimate of drug-likeness (QED) is 0.872. The number of hydrogen-bond donors (Lipinski definition) is 2. The van der Waals surface area contributed by atoms with Crippen molar-refractivity contribution in [3.63, 3.8) is 0 Å². The average molecular weight is 257 g/mol. The maximum Gasteiger partial charge on any atom is 0.220 e. The van der Waals surface area contributed by atoms with Crippen LogP contribution in [0.2, 0.25) is 0 Å². The third-order valence-corrected chi connectivity index (χ3v) is 3.85. The molecule has 2 rings (SSSR count). The molecule has 3 N–H and O–H groups in total. The van der Waals surface area contributed by atoms with Crippen LogP contribution >= 0.6 is 0 Å². The number of hydrogen-bond acceptors (Lipinski definition) is 3. The van der Waals surface area contributed by atoms with Gasteiger partial charge >= 0.3 is 0 Å². The molecule has 19 heavy (non-hydrogen) atoms. The Bertz CT molecular complexity index is 511. The van der Waals surface area contributed by atoms with E-state index in [1.165, 1.54) is 0 Å². The normalized spacial score (nSPS) is 22.5. The molecule has 1 aliphatic carbocycles. The average Bonchev–Trinajstić information content (AvgIpc) is 2.39.